The smallest absolute Gasteiger partial charge is 0.248 e. The summed E-state index contributed by atoms with van der Waals surface area (Å²) < 4.78 is 111. The zero-order chi connectivity index (χ0) is 77.1. The van der Waals surface area contributed by atoms with Crippen LogP contribution in [-0.4, -0.2) is 31.1 Å². The maximum atomic E-state index is 14.5. The largest absolute Gasteiger partial charge is 0.394 e. The van der Waals surface area contributed by atoms with E-state index in [1.165, 1.54) is 34.9 Å². The van der Waals surface area contributed by atoms with E-state index in [-0.39, 0.29) is 35.1 Å². The molecule has 13 heteroatoms. The van der Waals surface area contributed by atoms with Gasteiger partial charge in [-0.25, -0.2) is 46.9 Å². The summed E-state index contributed by atoms with van der Waals surface area (Å²) in [6.07, 6.45) is -4.72. The second-order valence-corrected chi connectivity index (χ2v) is 28.9. The van der Waals surface area contributed by atoms with Crippen molar-refractivity contribution >= 4 is 54.5 Å². The van der Waals surface area contributed by atoms with Crippen LogP contribution >= 0.6 is 0 Å². The van der Waals surface area contributed by atoms with Gasteiger partial charge in [-0.15, -0.1) is 0 Å². The van der Waals surface area contributed by atoms with E-state index in [1.54, 1.807) is 52.8 Å². The summed E-state index contributed by atoms with van der Waals surface area (Å²) in [5, 5.41) is 3.37. The fourth-order valence-corrected chi connectivity index (χ4v) is 13.6. The fourth-order valence-electron chi connectivity index (χ4n) is 13.6. The Morgan fingerprint density at radius 1 is 0.271 bits per heavy atom. The quantitative estimate of drug-likeness (QED) is 0.149. The van der Waals surface area contributed by atoms with Crippen molar-refractivity contribution in [2.45, 2.75) is 123 Å². The predicted octanol–water partition coefficient (Wildman–Crippen LogP) is 26.7. The Morgan fingerprint density at radius 3 is 1.07 bits per heavy atom. The molecule has 107 heavy (non-hydrogen) atoms. The van der Waals surface area contributed by atoms with E-state index >= 15 is 0 Å². The molecule has 5 aromatic heterocycles. The van der Waals surface area contributed by atoms with E-state index in [0.717, 1.165) is 119 Å². The number of aryl methyl sites for hydroxylation is 14. The molecule has 0 aliphatic carbocycles. The van der Waals surface area contributed by atoms with Gasteiger partial charge in [0.05, 0.1) is 61.5 Å². The monoisotopic (exact) mass is 1440 g/mol. The van der Waals surface area contributed by atoms with Crippen LogP contribution in [0.3, 0.4) is 0 Å². The minimum Gasteiger partial charge on any atom is -0.248 e. The molecule has 0 amide bonds. The van der Waals surface area contributed by atoms with Gasteiger partial charge in [0.15, 0.2) is 0 Å². The van der Waals surface area contributed by atoms with Crippen molar-refractivity contribution in [3.05, 3.63) is 325 Å². The Bertz CT molecular complexity index is 5820. The maximum Gasteiger partial charge on any atom is 0.394 e. The van der Waals surface area contributed by atoms with Gasteiger partial charge in [-0.3, -0.25) is 0 Å². The number of nitrogens with zero attached hydrogens (tertiary/aromatic N) is 5. The third kappa shape index (κ3) is 17.7. The molecule has 0 aliphatic rings. The van der Waals surface area contributed by atoms with E-state index in [2.05, 4.69) is 77.1 Å². The highest BCUT2D eigenvalue weighted by molar-refractivity contribution is 5.90. The van der Waals surface area contributed by atoms with Crippen LogP contribution in [0.5, 0.6) is 0 Å². The third-order valence-corrected chi connectivity index (χ3v) is 19.2. The molecule has 10 aromatic carbocycles. The van der Waals surface area contributed by atoms with Crippen LogP contribution in [0.2, 0.25) is 0 Å². The number of aromatic nitrogens is 5. The summed E-state index contributed by atoms with van der Waals surface area (Å²) >= 11 is 0. The lowest BCUT2D eigenvalue weighted by molar-refractivity contribution is -0.210. The number of halogens is 8. The number of rotatable bonds is 7. The molecule has 542 valence electrons. The highest BCUT2D eigenvalue weighted by Gasteiger charge is 2.47. The third-order valence-electron chi connectivity index (χ3n) is 19.2. The van der Waals surface area contributed by atoms with Gasteiger partial charge in [0, 0.05) is 60.8 Å². The summed E-state index contributed by atoms with van der Waals surface area (Å²) in [5.74, 6) is -1.18. The Morgan fingerprint density at radius 2 is 0.626 bits per heavy atom. The Kier molecular flexibility index (Phi) is 22.8. The normalized spacial score (nSPS) is 11.4. The van der Waals surface area contributed by atoms with Crippen LogP contribution in [0.25, 0.3) is 111 Å². The molecule has 0 fully saturated rings. The van der Waals surface area contributed by atoms with Gasteiger partial charge in [-0.05, 0) is 257 Å². The van der Waals surface area contributed by atoms with Crippen molar-refractivity contribution in [1.29, 1.82) is 0 Å². The first-order valence-electron chi connectivity index (χ1n) is 35.5. The zero-order valence-electron chi connectivity index (χ0n) is 63.2. The van der Waals surface area contributed by atoms with Crippen molar-refractivity contribution in [1.82, 2.24) is 24.9 Å². The van der Waals surface area contributed by atoms with Crippen LogP contribution in [0.1, 0.15) is 97.3 Å². The van der Waals surface area contributed by atoms with Crippen molar-refractivity contribution in [3.8, 4) is 56.3 Å². The summed E-state index contributed by atoms with van der Waals surface area (Å²) in [5.41, 5.74) is 24.0. The first-order chi connectivity index (χ1) is 50.7. The summed E-state index contributed by atoms with van der Waals surface area (Å²) in [6, 6.07) is 67.0. The van der Waals surface area contributed by atoms with Crippen molar-refractivity contribution in [2.75, 3.05) is 0 Å². The Balaban J connectivity index is 0.000000134. The molecule has 0 atom stereocenters. The van der Waals surface area contributed by atoms with E-state index < -0.39 is 17.4 Å². The number of benzene rings is 10. The maximum absolute atomic E-state index is 14.5. The topological polar surface area (TPSA) is 64.5 Å². The molecule has 15 aromatic rings. The molecular formula is C94H85F8N5. The standard InChI is InChI=1S/C22H21F4N.C19H18FN.2C18H16FN.C17H14FN/c1-13-8-14(2)10-15(9-13)19-11-16(12-21(3,4)22(24,25)26)20-17(23)6-5-7-18(20)27-19;1-11-7-12(2)9-15(8-11)17-6-5-16-14(4)19(20)13(3)10-18(16)21-17;1-11-4-5-15-16(19)10-17(20-18(15)9-11)14-7-12(2)6-13(3)8-14;1-11-5-4-6-14(9-11)16-8-7-15-13(3)18(19)12(2)10-17(15)20-16;1-11-10-16-14(12(2)17(11)18)8-9-15(19-16)13-6-4-3-5-7-13/h5-11H,12H2,1-4H3;5-10H,1-4H3;2*4-10H,1-3H3;3-10H,1-2H3. The average Bonchev–Trinajstić information content (AvgIpc) is 0.828. The number of hydrogen-bond donors (Lipinski definition) is 0. The zero-order valence-corrected chi connectivity index (χ0v) is 63.2. The molecule has 0 unspecified atom stereocenters. The van der Waals surface area contributed by atoms with Crippen molar-refractivity contribution in [2.24, 2.45) is 5.41 Å². The SMILES string of the molecule is Cc1cc(C)cc(-c2cc(CC(C)(C)C(F)(F)F)c3c(F)cccc3n2)c1.Cc1cc(C)cc(-c2cc(F)c3ccc(C)cc3n2)c1.Cc1cc(C)cc(-c2ccc3c(C)c(F)c(C)cc3n2)c1.Cc1cc2nc(-c3ccccc3)ccc2c(C)c1F.Cc1cccc(-c2ccc3c(C)c(F)c(C)cc3n2)c1. The second-order valence-electron chi connectivity index (χ2n) is 28.9. The van der Waals surface area contributed by atoms with E-state index in [9.17, 15) is 35.1 Å². The Hall–Kier alpha value is -11.3. The molecule has 0 N–H and O–H groups in total. The number of fused-ring (bicyclic) bond motifs is 5. The van der Waals surface area contributed by atoms with Crippen LogP contribution < -0.4 is 0 Å². The first kappa shape index (κ1) is 76.8. The Labute approximate surface area is 621 Å². The summed E-state index contributed by atoms with van der Waals surface area (Å²) in [7, 11) is 0. The van der Waals surface area contributed by atoms with Gasteiger partial charge in [0.2, 0.25) is 0 Å². The minimum atomic E-state index is -4.39. The molecule has 0 spiro atoms. The lowest BCUT2D eigenvalue weighted by Crippen LogP contribution is -2.34. The molecule has 0 saturated carbocycles. The van der Waals surface area contributed by atoms with Gasteiger partial charge >= 0.3 is 6.18 Å². The van der Waals surface area contributed by atoms with Crippen LogP contribution in [-0.2, 0) is 6.42 Å². The molecular weight excluding hydrogens is 1350 g/mol. The lowest BCUT2D eigenvalue weighted by Gasteiger charge is -2.28. The highest BCUT2D eigenvalue weighted by atomic mass is 19.4. The predicted molar refractivity (Wildman–Crippen MR) is 426 cm³/mol. The van der Waals surface area contributed by atoms with Crippen LogP contribution in [0, 0.1) is 131 Å². The van der Waals surface area contributed by atoms with Gasteiger partial charge in [0.1, 0.15) is 29.1 Å². The molecule has 0 aliphatic heterocycles. The number of hydrogen-bond acceptors (Lipinski definition) is 5. The molecule has 15 rings (SSSR count). The number of alkyl halides is 3. The van der Waals surface area contributed by atoms with Gasteiger partial charge in [-0.2, -0.15) is 13.2 Å². The number of pyridine rings is 5. The summed E-state index contributed by atoms with van der Waals surface area (Å²) in [6.45, 7) is 29.2. The highest BCUT2D eigenvalue weighted by Crippen LogP contribution is 2.43. The van der Waals surface area contributed by atoms with E-state index in [0.29, 0.717) is 66.8 Å². The van der Waals surface area contributed by atoms with Gasteiger partial charge < -0.3 is 0 Å². The van der Waals surface area contributed by atoms with E-state index in [1.807, 2.05) is 181 Å². The molecule has 0 radical (unpaired) electrons. The van der Waals surface area contributed by atoms with Gasteiger partial charge in [-0.1, -0.05) is 150 Å². The molecule has 5 heterocycles. The molecule has 0 bridgehead atoms. The van der Waals surface area contributed by atoms with Crippen LogP contribution in [0.15, 0.2) is 212 Å². The van der Waals surface area contributed by atoms with Crippen LogP contribution in [0.4, 0.5) is 35.1 Å². The fraction of sp³-hybridized carbons (Fsp3) is 0.202. The average molecular weight is 1440 g/mol. The minimum absolute atomic E-state index is 0.136. The molecule has 5 nitrogen and oxygen atoms in total. The van der Waals surface area contributed by atoms with E-state index in [4.69, 9.17) is 4.98 Å². The van der Waals surface area contributed by atoms with Crippen molar-refractivity contribution < 1.29 is 35.1 Å². The lowest BCUT2D eigenvalue weighted by atomic mass is 9.83. The summed E-state index contributed by atoms with van der Waals surface area (Å²) in [4.78, 5) is 23.2. The molecule has 0 saturated heterocycles. The van der Waals surface area contributed by atoms with Crippen molar-refractivity contribution in [3.63, 3.8) is 0 Å². The van der Waals surface area contributed by atoms with Gasteiger partial charge in [0.25, 0.3) is 0 Å². The second kappa shape index (κ2) is 31.8. The first-order valence-corrected chi connectivity index (χ1v) is 35.5.